The number of halogens is 3. The van der Waals surface area contributed by atoms with Gasteiger partial charge in [-0.2, -0.15) is 5.10 Å². The Bertz CT molecular complexity index is 865. The molecule has 3 aromatic rings. The number of pyridine rings is 1. The van der Waals surface area contributed by atoms with Gasteiger partial charge in [-0.1, -0.05) is 11.6 Å². The van der Waals surface area contributed by atoms with Crippen LogP contribution in [0.4, 0.5) is 8.78 Å². The average molecular weight is 323 g/mol. The highest BCUT2D eigenvalue weighted by atomic mass is 35.5. The van der Waals surface area contributed by atoms with E-state index in [2.05, 4.69) is 20.5 Å². The number of nitrogens with one attached hydrogen (secondary N) is 2. The van der Waals surface area contributed by atoms with Crippen molar-refractivity contribution in [2.24, 2.45) is 0 Å². The van der Waals surface area contributed by atoms with Crippen molar-refractivity contribution in [3.8, 4) is 0 Å². The number of hydrogen-bond acceptors (Lipinski definition) is 3. The number of H-pyrrole nitrogens is 1. The largest absolute Gasteiger partial charge is 0.347 e. The molecule has 0 bridgehead atoms. The molecule has 0 saturated carbocycles. The van der Waals surface area contributed by atoms with Crippen LogP contribution in [0, 0.1) is 11.6 Å². The molecule has 0 aliphatic carbocycles. The second-order valence-electron chi connectivity index (χ2n) is 4.57. The number of rotatable bonds is 3. The quantitative estimate of drug-likeness (QED) is 0.728. The molecule has 2 aromatic heterocycles. The lowest BCUT2D eigenvalue weighted by molar-refractivity contribution is 0.0946. The minimum atomic E-state index is -0.846. The average Bonchev–Trinajstić information content (AvgIpc) is 2.96. The number of benzene rings is 1. The second-order valence-corrected chi connectivity index (χ2v) is 4.97. The molecule has 0 fully saturated rings. The zero-order valence-corrected chi connectivity index (χ0v) is 11.8. The van der Waals surface area contributed by atoms with E-state index in [4.69, 9.17) is 11.6 Å². The van der Waals surface area contributed by atoms with Crippen LogP contribution in [-0.2, 0) is 6.54 Å². The molecule has 22 heavy (non-hydrogen) atoms. The predicted molar refractivity (Wildman–Crippen MR) is 76.4 cm³/mol. The topological polar surface area (TPSA) is 70.7 Å². The number of fused-ring (bicyclic) bond motifs is 1. The van der Waals surface area contributed by atoms with Crippen molar-refractivity contribution in [3.05, 3.63) is 58.5 Å². The standard InChI is InChI=1S/C14H9ClF2N4O/c15-9-1-7(10(16)3-11(9)17)4-19-14(22)12-2-8-5-20-21-13(8)6-18-12/h1-3,5-6H,4H2,(H,19,22)(H,20,21). The van der Waals surface area contributed by atoms with Crippen molar-refractivity contribution in [1.29, 1.82) is 0 Å². The Kier molecular flexibility index (Phi) is 3.72. The second kappa shape index (κ2) is 5.69. The first kappa shape index (κ1) is 14.4. The van der Waals surface area contributed by atoms with Crippen LogP contribution >= 0.6 is 11.6 Å². The number of aromatic amines is 1. The van der Waals surface area contributed by atoms with E-state index in [9.17, 15) is 13.6 Å². The van der Waals surface area contributed by atoms with Gasteiger partial charge in [0, 0.05) is 23.6 Å². The highest BCUT2D eigenvalue weighted by Gasteiger charge is 2.12. The maximum atomic E-state index is 13.6. The molecule has 8 heteroatoms. The van der Waals surface area contributed by atoms with Gasteiger partial charge in [0.2, 0.25) is 0 Å². The summed E-state index contributed by atoms with van der Waals surface area (Å²) in [5, 5.41) is 9.58. The van der Waals surface area contributed by atoms with E-state index in [1.165, 1.54) is 6.20 Å². The molecule has 0 atom stereocenters. The molecule has 0 spiro atoms. The third kappa shape index (κ3) is 2.75. The van der Waals surface area contributed by atoms with Gasteiger partial charge in [0.1, 0.15) is 17.3 Å². The molecule has 0 saturated heterocycles. The molecule has 3 rings (SSSR count). The molecule has 2 heterocycles. The summed E-state index contributed by atoms with van der Waals surface area (Å²) in [7, 11) is 0. The predicted octanol–water partition coefficient (Wildman–Crippen LogP) is 2.82. The molecule has 5 nitrogen and oxygen atoms in total. The summed E-state index contributed by atoms with van der Waals surface area (Å²) in [6.45, 7) is -0.129. The molecule has 1 aromatic carbocycles. The van der Waals surface area contributed by atoms with E-state index in [1.54, 1.807) is 12.3 Å². The SMILES string of the molecule is O=C(NCc1cc(Cl)c(F)cc1F)c1cc2cn[nH]c2cn1. The summed E-state index contributed by atoms with van der Waals surface area (Å²) in [6.07, 6.45) is 3.04. The van der Waals surface area contributed by atoms with Gasteiger partial charge in [-0.15, -0.1) is 0 Å². The van der Waals surface area contributed by atoms with Crippen molar-refractivity contribution in [3.63, 3.8) is 0 Å². The Morgan fingerprint density at radius 1 is 1.23 bits per heavy atom. The van der Waals surface area contributed by atoms with Gasteiger partial charge < -0.3 is 5.32 Å². The first-order valence-electron chi connectivity index (χ1n) is 6.25. The van der Waals surface area contributed by atoms with Crippen LogP contribution in [0.3, 0.4) is 0 Å². The fraction of sp³-hybridized carbons (Fsp3) is 0.0714. The number of hydrogen-bond donors (Lipinski definition) is 2. The number of carbonyl (C=O) groups is 1. The molecule has 0 aliphatic rings. The minimum Gasteiger partial charge on any atom is -0.347 e. The van der Waals surface area contributed by atoms with Crippen LogP contribution in [-0.4, -0.2) is 21.1 Å². The van der Waals surface area contributed by atoms with Crippen molar-refractivity contribution in [1.82, 2.24) is 20.5 Å². The highest BCUT2D eigenvalue weighted by Crippen LogP contribution is 2.19. The summed E-state index contributed by atoms with van der Waals surface area (Å²) in [5.74, 6) is -2.11. The smallest absolute Gasteiger partial charge is 0.270 e. The molecule has 1 amide bonds. The van der Waals surface area contributed by atoms with Gasteiger partial charge in [0.15, 0.2) is 0 Å². The number of nitrogens with zero attached hydrogens (tertiary/aromatic N) is 2. The maximum Gasteiger partial charge on any atom is 0.270 e. The first-order chi connectivity index (χ1) is 10.5. The lowest BCUT2D eigenvalue weighted by Crippen LogP contribution is -2.24. The maximum absolute atomic E-state index is 13.6. The molecular formula is C14H9ClF2N4O. The fourth-order valence-electron chi connectivity index (χ4n) is 1.93. The number of carbonyl (C=O) groups excluding carboxylic acids is 1. The normalized spacial score (nSPS) is 10.9. The van der Waals surface area contributed by atoms with Crippen molar-refractivity contribution >= 4 is 28.4 Å². The van der Waals surface area contributed by atoms with Crippen LogP contribution in [0.1, 0.15) is 16.1 Å². The molecular weight excluding hydrogens is 314 g/mol. The zero-order chi connectivity index (χ0) is 15.7. The minimum absolute atomic E-state index is 0.0872. The van der Waals surface area contributed by atoms with Crippen LogP contribution < -0.4 is 5.32 Å². The molecule has 2 N–H and O–H groups in total. The lowest BCUT2D eigenvalue weighted by Gasteiger charge is -2.07. The van der Waals surface area contributed by atoms with Crippen molar-refractivity contribution in [2.75, 3.05) is 0 Å². The van der Waals surface area contributed by atoms with E-state index in [0.29, 0.717) is 11.6 Å². The zero-order valence-electron chi connectivity index (χ0n) is 11.0. The molecule has 0 aliphatic heterocycles. The fourth-order valence-corrected chi connectivity index (χ4v) is 2.12. The van der Waals surface area contributed by atoms with Crippen molar-refractivity contribution in [2.45, 2.75) is 6.54 Å². The van der Waals surface area contributed by atoms with E-state index in [1.807, 2.05) is 0 Å². The molecule has 112 valence electrons. The highest BCUT2D eigenvalue weighted by molar-refractivity contribution is 6.30. The van der Waals surface area contributed by atoms with Gasteiger partial charge in [0.25, 0.3) is 5.91 Å². The van der Waals surface area contributed by atoms with Gasteiger partial charge in [0.05, 0.1) is 22.9 Å². The number of amides is 1. The summed E-state index contributed by atoms with van der Waals surface area (Å²) in [5.41, 5.74) is 0.958. The van der Waals surface area contributed by atoms with Gasteiger partial charge >= 0.3 is 0 Å². The van der Waals surface area contributed by atoms with E-state index in [-0.39, 0.29) is 22.8 Å². The molecule has 0 radical (unpaired) electrons. The van der Waals surface area contributed by atoms with Gasteiger partial charge in [-0.05, 0) is 12.1 Å². The Hall–Kier alpha value is -2.54. The van der Waals surface area contributed by atoms with Crippen LogP contribution in [0.15, 0.2) is 30.6 Å². The van der Waals surface area contributed by atoms with Crippen molar-refractivity contribution < 1.29 is 13.6 Å². The Morgan fingerprint density at radius 3 is 2.86 bits per heavy atom. The Labute approximate surface area is 128 Å². The number of aromatic nitrogens is 3. The first-order valence-corrected chi connectivity index (χ1v) is 6.63. The van der Waals surface area contributed by atoms with Gasteiger partial charge in [-0.3, -0.25) is 9.89 Å². The monoisotopic (exact) mass is 322 g/mol. The summed E-state index contributed by atoms with van der Waals surface area (Å²) in [6, 6.07) is 3.38. The summed E-state index contributed by atoms with van der Waals surface area (Å²) >= 11 is 5.59. The third-order valence-electron chi connectivity index (χ3n) is 3.09. The third-order valence-corrected chi connectivity index (χ3v) is 3.38. The van der Waals surface area contributed by atoms with Gasteiger partial charge in [-0.25, -0.2) is 13.8 Å². The molecule has 0 unspecified atom stereocenters. The van der Waals surface area contributed by atoms with E-state index in [0.717, 1.165) is 11.5 Å². The van der Waals surface area contributed by atoms with E-state index < -0.39 is 17.5 Å². The summed E-state index contributed by atoms with van der Waals surface area (Å²) < 4.78 is 26.6. The van der Waals surface area contributed by atoms with Crippen LogP contribution in [0.2, 0.25) is 5.02 Å². The lowest BCUT2D eigenvalue weighted by atomic mass is 10.2. The van der Waals surface area contributed by atoms with Crippen LogP contribution in [0.25, 0.3) is 10.9 Å². The van der Waals surface area contributed by atoms with Crippen LogP contribution in [0.5, 0.6) is 0 Å². The van der Waals surface area contributed by atoms with E-state index >= 15 is 0 Å². The Morgan fingerprint density at radius 2 is 2.05 bits per heavy atom. The Balaban J connectivity index is 1.75. The summed E-state index contributed by atoms with van der Waals surface area (Å²) in [4.78, 5) is 16.0.